The number of allylic oxidation sites excluding steroid dienone is 2. The van der Waals surface area contributed by atoms with E-state index in [1.54, 1.807) is 0 Å². The highest BCUT2D eigenvalue weighted by atomic mass is 79.9. The maximum Gasteiger partial charge on any atom is 0.204 e. The molecule has 4 nitrogen and oxygen atoms in total. The van der Waals surface area contributed by atoms with Crippen molar-refractivity contribution in [3.63, 3.8) is 0 Å². The number of phenols is 1. The Hall–Kier alpha value is -1.62. The molecular weight excluding hydrogens is 276 g/mol. The standard InChI is InChI=1S/C11H7BrO4/c1-16-5-2-6-8(13)4-7(12)11(15)10(6)9(14)3-5/h2-4,14H,1H3. The van der Waals surface area contributed by atoms with E-state index in [4.69, 9.17) is 4.74 Å². The minimum atomic E-state index is -0.408. The Morgan fingerprint density at radius 1 is 1.31 bits per heavy atom. The summed E-state index contributed by atoms with van der Waals surface area (Å²) in [5.74, 6) is -0.660. The zero-order chi connectivity index (χ0) is 11.9. The second-order valence-electron chi connectivity index (χ2n) is 3.25. The van der Waals surface area contributed by atoms with Crippen molar-refractivity contribution in [2.45, 2.75) is 0 Å². The Balaban J connectivity index is 2.72. The molecule has 0 heterocycles. The van der Waals surface area contributed by atoms with Crippen molar-refractivity contribution < 1.29 is 19.4 Å². The molecule has 1 aliphatic carbocycles. The Labute approximate surface area is 99.7 Å². The summed E-state index contributed by atoms with van der Waals surface area (Å²) in [5, 5.41) is 9.67. The number of fused-ring (bicyclic) bond motifs is 1. The summed E-state index contributed by atoms with van der Waals surface area (Å²) >= 11 is 2.98. The minimum Gasteiger partial charge on any atom is -0.507 e. The molecule has 5 heteroatoms. The van der Waals surface area contributed by atoms with Crippen molar-refractivity contribution in [2.75, 3.05) is 7.11 Å². The van der Waals surface area contributed by atoms with E-state index in [0.717, 1.165) is 0 Å². The van der Waals surface area contributed by atoms with Gasteiger partial charge in [0.15, 0.2) is 5.78 Å². The Morgan fingerprint density at radius 3 is 2.62 bits per heavy atom. The molecule has 0 aliphatic heterocycles. The number of rotatable bonds is 1. The summed E-state index contributed by atoms with van der Waals surface area (Å²) in [6.07, 6.45) is 1.18. The highest BCUT2D eigenvalue weighted by molar-refractivity contribution is 9.12. The van der Waals surface area contributed by atoms with E-state index in [-0.39, 0.29) is 27.1 Å². The number of ether oxygens (including phenoxy) is 1. The topological polar surface area (TPSA) is 63.6 Å². The van der Waals surface area contributed by atoms with Crippen LogP contribution in [0.25, 0.3) is 0 Å². The van der Waals surface area contributed by atoms with E-state index < -0.39 is 5.78 Å². The van der Waals surface area contributed by atoms with E-state index in [9.17, 15) is 14.7 Å². The lowest BCUT2D eigenvalue weighted by Crippen LogP contribution is -2.14. The summed E-state index contributed by atoms with van der Waals surface area (Å²) < 4.78 is 5.06. The van der Waals surface area contributed by atoms with Crippen molar-refractivity contribution in [2.24, 2.45) is 0 Å². The zero-order valence-electron chi connectivity index (χ0n) is 8.28. The lowest BCUT2D eigenvalue weighted by Gasteiger charge is -2.14. The highest BCUT2D eigenvalue weighted by Crippen LogP contribution is 2.34. The smallest absolute Gasteiger partial charge is 0.204 e. The number of carbonyl (C=O) groups excluding carboxylic acids is 2. The maximum atomic E-state index is 11.7. The summed E-state index contributed by atoms with van der Waals surface area (Å²) in [6.45, 7) is 0. The van der Waals surface area contributed by atoms with Gasteiger partial charge in [0.1, 0.15) is 11.5 Å². The molecular formula is C11H7BrO4. The van der Waals surface area contributed by atoms with Crippen LogP contribution in [-0.2, 0) is 0 Å². The van der Waals surface area contributed by atoms with Gasteiger partial charge in [0.2, 0.25) is 5.78 Å². The molecule has 1 N–H and O–H groups in total. The second-order valence-corrected chi connectivity index (χ2v) is 4.11. The van der Waals surface area contributed by atoms with E-state index in [1.165, 1.54) is 25.3 Å². The molecule has 0 saturated carbocycles. The van der Waals surface area contributed by atoms with Crippen LogP contribution in [0.5, 0.6) is 11.5 Å². The molecule has 16 heavy (non-hydrogen) atoms. The molecule has 0 bridgehead atoms. The number of aromatic hydroxyl groups is 1. The van der Waals surface area contributed by atoms with Gasteiger partial charge in [0.05, 0.1) is 17.2 Å². The molecule has 0 fully saturated rings. The Kier molecular flexibility index (Phi) is 2.55. The zero-order valence-corrected chi connectivity index (χ0v) is 9.87. The van der Waals surface area contributed by atoms with Gasteiger partial charge in [-0.2, -0.15) is 0 Å². The molecule has 0 spiro atoms. The molecule has 1 aliphatic rings. The normalized spacial score (nSPS) is 14.5. The third-order valence-electron chi connectivity index (χ3n) is 2.29. The average Bonchev–Trinajstić information content (AvgIpc) is 2.25. The van der Waals surface area contributed by atoms with Gasteiger partial charge in [-0.05, 0) is 22.0 Å². The van der Waals surface area contributed by atoms with Crippen LogP contribution in [0, 0.1) is 0 Å². The fourth-order valence-electron chi connectivity index (χ4n) is 1.53. The number of ketones is 2. The molecule has 1 aromatic rings. The SMILES string of the molecule is COc1cc(O)c2c(c1)C(=O)C=C(Br)C2=O. The van der Waals surface area contributed by atoms with E-state index >= 15 is 0 Å². The van der Waals surface area contributed by atoms with Gasteiger partial charge < -0.3 is 9.84 Å². The van der Waals surface area contributed by atoms with Gasteiger partial charge in [0.25, 0.3) is 0 Å². The third-order valence-corrected chi connectivity index (χ3v) is 2.88. The third kappa shape index (κ3) is 1.53. The quantitative estimate of drug-likeness (QED) is 0.856. The van der Waals surface area contributed by atoms with Gasteiger partial charge in [-0.1, -0.05) is 0 Å². The van der Waals surface area contributed by atoms with Crippen LogP contribution >= 0.6 is 15.9 Å². The molecule has 82 valence electrons. The van der Waals surface area contributed by atoms with Crippen LogP contribution in [0.3, 0.4) is 0 Å². The van der Waals surface area contributed by atoms with Crippen LogP contribution in [0.15, 0.2) is 22.7 Å². The van der Waals surface area contributed by atoms with Crippen molar-refractivity contribution in [3.8, 4) is 11.5 Å². The van der Waals surface area contributed by atoms with Crippen LogP contribution in [0.1, 0.15) is 20.7 Å². The lowest BCUT2D eigenvalue weighted by atomic mass is 9.93. The Bertz CT molecular complexity index is 531. The second kappa shape index (κ2) is 3.75. The first-order chi connectivity index (χ1) is 7.54. The molecule has 2 rings (SSSR count). The summed E-state index contributed by atoms with van der Waals surface area (Å²) in [7, 11) is 1.42. The van der Waals surface area contributed by atoms with Crippen LogP contribution < -0.4 is 4.74 Å². The molecule has 0 saturated heterocycles. The first-order valence-electron chi connectivity index (χ1n) is 4.42. The van der Waals surface area contributed by atoms with Crippen molar-refractivity contribution >= 4 is 27.5 Å². The summed E-state index contributed by atoms with van der Waals surface area (Å²) in [4.78, 5) is 23.4. The maximum absolute atomic E-state index is 11.7. The van der Waals surface area contributed by atoms with Gasteiger partial charge in [0, 0.05) is 17.7 Å². The Morgan fingerprint density at radius 2 is 2.00 bits per heavy atom. The molecule has 1 aromatic carbocycles. The highest BCUT2D eigenvalue weighted by Gasteiger charge is 2.28. The van der Waals surface area contributed by atoms with Crippen LogP contribution in [-0.4, -0.2) is 23.8 Å². The number of Topliss-reactive ketones (excluding diaryl/α,β-unsaturated/α-hetero) is 1. The van der Waals surface area contributed by atoms with Crippen molar-refractivity contribution in [1.82, 2.24) is 0 Å². The van der Waals surface area contributed by atoms with Gasteiger partial charge in [-0.15, -0.1) is 0 Å². The predicted octanol–water partition coefficient (Wildman–Crippen LogP) is 2.06. The monoisotopic (exact) mass is 282 g/mol. The first-order valence-corrected chi connectivity index (χ1v) is 5.21. The summed E-state index contributed by atoms with van der Waals surface area (Å²) in [5.41, 5.74) is 0.172. The predicted molar refractivity (Wildman–Crippen MR) is 60.3 cm³/mol. The number of halogens is 1. The number of hydrogen-bond donors (Lipinski definition) is 1. The molecule has 0 aromatic heterocycles. The average molecular weight is 283 g/mol. The number of benzene rings is 1. The van der Waals surface area contributed by atoms with Crippen LogP contribution in [0.2, 0.25) is 0 Å². The molecule has 0 unspecified atom stereocenters. The van der Waals surface area contributed by atoms with Gasteiger partial charge in [-0.3, -0.25) is 9.59 Å². The molecule has 0 amide bonds. The van der Waals surface area contributed by atoms with E-state index in [1.807, 2.05) is 0 Å². The fraction of sp³-hybridized carbons (Fsp3) is 0.0909. The molecule has 0 atom stereocenters. The van der Waals surface area contributed by atoms with E-state index in [0.29, 0.717) is 5.75 Å². The minimum absolute atomic E-state index is 0.0141. The number of carbonyl (C=O) groups is 2. The van der Waals surface area contributed by atoms with Gasteiger partial charge in [-0.25, -0.2) is 0 Å². The van der Waals surface area contributed by atoms with Crippen molar-refractivity contribution in [3.05, 3.63) is 33.8 Å². The fourth-order valence-corrected chi connectivity index (χ4v) is 1.94. The lowest BCUT2D eigenvalue weighted by molar-refractivity contribution is 0.0989. The summed E-state index contributed by atoms with van der Waals surface area (Å²) in [6, 6.07) is 2.74. The van der Waals surface area contributed by atoms with Crippen molar-refractivity contribution in [1.29, 1.82) is 0 Å². The molecule has 0 radical (unpaired) electrons. The van der Waals surface area contributed by atoms with E-state index in [2.05, 4.69) is 15.9 Å². The largest absolute Gasteiger partial charge is 0.507 e. The number of methoxy groups -OCH3 is 1. The number of hydrogen-bond acceptors (Lipinski definition) is 4. The first kappa shape index (κ1) is 10.9. The van der Waals surface area contributed by atoms with Crippen LogP contribution in [0.4, 0.5) is 0 Å². The van der Waals surface area contributed by atoms with Gasteiger partial charge >= 0.3 is 0 Å². The number of phenolic OH excluding ortho intramolecular Hbond substituents is 1.